The average Bonchev–Trinajstić information content (AvgIpc) is 2.78. The average molecular weight is 279 g/mol. The Morgan fingerprint density at radius 3 is 2.60 bits per heavy atom. The van der Waals surface area contributed by atoms with Gasteiger partial charge in [-0.3, -0.25) is 19.2 Å². The van der Waals surface area contributed by atoms with Gasteiger partial charge in [0.1, 0.15) is 0 Å². The van der Waals surface area contributed by atoms with Gasteiger partial charge in [0, 0.05) is 19.6 Å². The maximum absolute atomic E-state index is 12.0. The molecule has 0 fully saturated rings. The molecule has 2 aromatic heterocycles. The maximum Gasteiger partial charge on any atom is 0.330 e. The summed E-state index contributed by atoms with van der Waals surface area (Å²) in [6.07, 6.45) is 1.55. The van der Waals surface area contributed by atoms with Crippen molar-refractivity contribution in [3.63, 3.8) is 0 Å². The number of aryl methyl sites for hydroxylation is 1. The lowest BCUT2D eigenvalue weighted by molar-refractivity contribution is 0.210. The molecule has 1 unspecified atom stereocenters. The SMILES string of the molecule is CCN(CC)C(C)Cn1c(=O)[nH]c(=O)c2c1ncn2C. The summed E-state index contributed by atoms with van der Waals surface area (Å²) in [6, 6.07) is 0.193. The number of nitrogens with one attached hydrogen (secondary N) is 1. The number of rotatable bonds is 5. The van der Waals surface area contributed by atoms with Gasteiger partial charge in [-0.05, 0) is 20.0 Å². The number of hydrogen-bond donors (Lipinski definition) is 1. The molecular weight excluding hydrogens is 258 g/mol. The zero-order valence-electron chi connectivity index (χ0n) is 12.4. The second-order valence-electron chi connectivity index (χ2n) is 4.97. The predicted octanol–water partition coefficient (Wildman–Crippen LogP) is 0.154. The third-order valence-electron chi connectivity index (χ3n) is 3.74. The Morgan fingerprint density at radius 2 is 2.00 bits per heavy atom. The monoisotopic (exact) mass is 279 g/mol. The normalized spacial score (nSPS) is 13.2. The minimum absolute atomic E-state index is 0.193. The summed E-state index contributed by atoms with van der Waals surface area (Å²) in [6.45, 7) is 8.59. The number of imidazole rings is 1. The lowest BCUT2D eigenvalue weighted by Crippen LogP contribution is -2.40. The van der Waals surface area contributed by atoms with Gasteiger partial charge in [0.25, 0.3) is 5.56 Å². The van der Waals surface area contributed by atoms with Crippen molar-refractivity contribution >= 4 is 11.2 Å². The van der Waals surface area contributed by atoms with Gasteiger partial charge in [-0.2, -0.15) is 0 Å². The smallest absolute Gasteiger partial charge is 0.328 e. The van der Waals surface area contributed by atoms with Crippen LogP contribution >= 0.6 is 0 Å². The first-order chi connectivity index (χ1) is 9.49. The highest BCUT2D eigenvalue weighted by Gasteiger charge is 2.16. The Labute approximate surface area is 116 Å². The van der Waals surface area contributed by atoms with E-state index in [0.29, 0.717) is 17.7 Å². The summed E-state index contributed by atoms with van der Waals surface area (Å²) >= 11 is 0. The minimum atomic E-state index is -0.403. The van der Waals surface area contributed by atoms with Crippen LogP contribution in [0.15, 0.2) is 15.9 Å². The number of aromatic nitrogens is 4. The standard InChI is InChI=1S/C13H21N5O2/c1-5-17(6-2)9(3)7-18-11-10(16(4)8-14-11)12(19)15-13(18)20/h8-9H,5-7H2,1-4H3,(H,15,19,20). The lowest BCUT2D eigenvalue weighted by atomic mass is 10.2. The van der Waals surface area contributed by atoms with Crippen LogP contribution in [0.1, 0.15) is 20.8 Å². The number of likely N-dealkylation sites (N-methyl/N-ethyl adjacent to an activating group) is 1. The van der Waals surface area contributed by atoms with Crippen LogP contribution in [-0.2, 0) is 13.6 Å². The van der Waals surface area contributed by atoms with Crippen LogP contribution in [0.5, 0.6) is 0 Å². The van der Waals surface area contributed by atoms with E-state index < -0.39 is 11.2 Å². The molecular formula is C13H21N5O2. The Kier molecular flexibility index (Phi) is 4.08. The quantitative estimate of drug-likeness (QED) is 0.845. The molecule has 7 nitrogen and oxygen atoms in total. The van der Waals surface area contributed by atoms with Crippen LogP contribution in [0.2, 0.25) is 0 Å². The maximum atomic E-state index is 12.0. The molecule has 0 radical (unpaired) electrons. The van der Waals surface area contributed by atoms with Gasteiger partial charge in [-0.1, -0.05) is 13.8 Å². The Balaban J connectivity index is 2.50. The second-order valence-corrected chi connectivity index (χ2v) is 4.97. The van der Waals surface area contributed by atoms with Gasteiger partial charge in [0.15, 0.2) is 11.2 Å². The first-order valence-corrected chi connectivity index (χ1v) is 6.87. The third kappa shape index (κ3) is 2.40. The van der Waals surface area contributed by atoms with Gasteiger partial charge in [0.05, 0.1) is 6.33 Å². The zero-order chi connectivity index (χ0) is 14.9. The summed E-state index contributed by atoms with van der Waals surface area (Å²) in [7, 11) is 1.74. The van der Waals surface area contributed by atoms with Crippen LogP contribution < -0.4 is 11.2 Å². The Bertz CT molecular complexity index is 708. The van der Waals surface area contributed by atoms with Crippen molar-refractivity contribution < 1.29 is 0 Å². The number of H-pyrrole nitrogens is 1. The molecule has 2 heterocycles. The fourth-order valence-electron chi connectivity index (χ4n) is 2.59. The molecule has 0 bridgehead atoms. The van der Waals surface area contributed by atoms with E-state index in [4.69, 9.17) is 0 Å². The van der Waals surface area contributed by atoms with Crippen LogP contribution in [0.25, 0.3) is 11.2 Å². The van der Waals surface area contributed by atoms with Crippen molar-refractivity contribution in [3.05, 3.63) is 27.2 Å². The molecule has 1 atom stereocenters. The molecule has 0 aliphatic rings. The highest BCUT2D eigenvalue weighted by Crippen LogP contribution is 2.07. The van der Waals surface area contributed by atoms with Crippen LogP contribution in [0.3, 0.4) is 0 Å². The molecule has 0 saturated carbocycles. The molecule has 0 aromatic carbocycles. The van der Waals surface area contributed by atoms with Crippen molar-refractivity contribution in [1.29, 1.82) is 0 Å². The van der Waals surface area contributed by atoms with E-state index in [2.05, 4.69) is 35.6 Å². The highest BCUT2D eigenvalue weighted by molar-refractivity contribution is 5.69. The van der Waals surface area contributed by atoms with E-state index in [0.717, 1.165) is 13.1 Å². The molecule has 0 aliphatic carbocycles. The van der Waals surface area contributed by atoms with Crippen LogP contribution in [0.4, 0.5) is 0 Å². The molecule has 2 rings (SSSR count). The molecule has 1 N–H and O–H groups in total. The largest absolute Gasteiger partial charge is 0.330 e. The molecule has 0 saturated heterocycles. The van der Waals surface area contributed by atoms with E-state index in [1.165, 1.54) is 0 Å². The number of hydrogen-bond acceptors (Lipinski definition) is 4. The molecule has 0 aliphatic heterocycles. The fourth-order valence-corrected chi connectivity index (χ4v) is 2.59. The predicted molar refractivity (Wildman–Crippen MR) is 78.0 cm³/mol. The molecule has 0 spiro atoms. The summed E-state index contributed by atoms with van der Waals surface area (Å²) < 4.78 is 3.17. The first-order valence-electron chi connectivity index (χ1n) is 6.87. The van der Waals surface area contributed by atoms with E-state index in [1.54, 1.807) is 22.5 Å². The lowest BCUT2D eigenvalue weighted by Gasteiger charge is -2.26. The second kappa shape index (κ2) is 5.62. The van der Waals surface area contributed by atoms with Gasteiger partial charge < -0.3 is 4.57 Å². The van der Waals surface area contributed by atoms with E-state index in [1.807, 2.05) is 0 Å². The topological polar surface area (TPSA) is 75.9 Å². The van der Waals surface area contributed by atoms with Crippen LogP contribution in [-0.4, -0.2) is 43.1 Å². The zero-order valence-corrected chi connectivity index (χ0v) is 12.4. The highest BCUT2D eigenvalue weighted by atomic mass is 16.2. The van der Waals surface area contributed by atoms with Crippen molar-refractivity contribution in [1.82, 2.24) is 24.0 Å². The number of fused-ring (bicyclic) bond motifs is 1. The van der Waals surface area contributed by atoms with Crippen molar-refractivity contribution in [3.8, 4) is 0 Å². The van der Waals surface area contributed by atoms with E-state index in [-0.39, 0.29) is 6.04 Å². The van der Waals surface area contributed by atoms with Crippen molar-refractivity contribution in [2.24, 2.45) is 7.05 Å². The van der Waals surface area contributed by atoms with E-state index in [9.17, 15) is 9.59 Å². The van der Waals surface area contributed by atoms with Gasteiger partial charge in [-0.25, -0.2) is 9.78 Å². The summed E-state index contributed by atoms with van der Waals surface area (Å²) in [5.41, 5.74) is 0.0774. The summed E-state index contributed by atoms with van der Waals surface area (Å²) in [4.78, 5) is 32.7. The fraction of sp³-hybridized carbons (Fsp3) is 0.615. The van der Waals surface area contributed by atoms with Gasteiger partial charge in [0.2, 0.25) is 0 Å². The van der Waals surface area contributed by atoms with Gasteiger partial charge in [-0.15, -0.1) is 0 Å². The molecule has 7 heteroatoms. The summed E-state index contributed by atoms with van der Waals surface area (Å²) in [5.74, 6) is 0. The Morgan fingerprint density at radius 1 is 1.35 bits per heavy atom. The van der Waals surface area contributed by atoms with Crippen molar-refractivity contribution in [2.45, 2.75) is 33.4 Å². The van der Waals surface area contributed by atoms with Crippen LogP contribution in [0, 0.1) is 0 Å². The van der Waals surface area contributed by atoms with Gasteiger partial charge >= 0.3 is 5.69 Å². The molecule has 0 amide bonds. The Hall–Kier alpha value is -1.89. The minimum Gasteiger partial charge on any atom is -0.328 e. The third-order valence-corrected chi connectivity index (χ3v) is 3.74. The number of aromatic amines is 1. The molecule has 2 aromatic rings. The molecule has 110 valence electrons. The summed E-state index contributed by atoms with van der Waals surface area (Å²) in [5, 5.41) is 0. The molecule has 20 heavy (non-hydrogen) atoms. The van der Waals surface area contributed by atoms with Crippen molar-refractivity contribution in [2.75, 3.05) is 13.1 Å². The first kappa shape index (κ1) is 14.5. The van der Waals surface area contributed by atoms with E-state index >= 15 is 0 Å². The number of nitrogens with zero attached hydrogens (tertiary/aromatic N) is 4.